The maximum atomic E-state index is 5.95. The first-order chi connectivity index (χ1) is 5.88. The first-order valence-electron chi connectivity index (χ1n) is 3.54. The van der Waals surface area contributed by atoms with E-state index in [0.29, 0.717) is 5.02 Å². The summed E-state index contributed by atoms with van der Waals surface area (Å²) in [5, 5.41) is 7.31. The van der Waals surface area contributed by atoms with E-state index in [9.17, 15) is 0 Å². The molecule has 0 saturated heterocycles. The van der Waals surface area contributed by atoms with Gasteiger partial charge in [0.15, 0.2) is 0 Å². The minimum absolute atomic E-state index is 0.706. The number of hydrogen-bond acceptors (Lipinski definition) is 1. The minimum Gasteiger partial charge on any atom is -0.277 e. The van der Waals surface area contributed by atoms with E-state index >= 15 is 0 Å². The standard InChI is InChI=1S/C9H6ClN2/c10-8-4-2-1-3-7(8)9-5-6-11-12-9/h1-4,6H,(H,11,12). The van der Waals surface area contributed by atoms with Crippen molar-refractivity contribution < 1.29 is 0 Å². The third-order valence-corrected chi connectivity index (χ3v) is 1.92. The van der Waals surface area contributed by atoms with Crippen molar-refractivity contribution in [2.75, 3.05) is 0 Å². The zero-order valence-corrected chi connectivity index (χ0v) is 6.97. The van der Waals surface area contributed by atoms with Crippen LogP contribution in [-0.4, -0.2) is 10.2 Å². The van der Waals surface area contributed by atoms with E-state index in [-0.39, 0.29) is 0 Å². The molecule has 3 heteroatoms. The summed E-state index contributed by atoms with van der Waals surface area (Å²) in [7, 11) is 0. The van der Waals surface area contributed by atoms with Crippen LogP contribution in [0.1, 0.15) is 0 Å². The zero-order chi connectivity index (χ0) is 8.39. The van der Waals surface area contributed by atoms with Gasteiger partial charge in [-0.15, -0.1) is 0 Å². The lowest BCUT2D eigenvalue weighted by Crippen LogP contribution is -1.78. The second-order valence-corrected chi connectivity index (χ2v) is 2.78. The van der Waals surface area contributed by atoms with Crippen LogP contribution in [0, 0.1) is 6.07 Å². The average molecular weight is 178 g/mol. The maximum Gasteiger partial charge on any atom is 0.0745 e. The number of halogens is 1. The van der Waals surface area contributed by atoms with Gasteiger partial charge < -0.3 is 0 Å². The summed E-state index contributed by atoms with van der Waals surface area (Å²) >= 11 is 5.95. The Bertz CT molecular complexity index is 368. The highest BCUT2D eigenvalue weighted by Gasteiger charge is 2.02. The summed E-state index contributed by atoms with van der Waals surface area (Å²) in [5.74, 6) is 0. The van der Waals surface area contributed by atoms with Gasteiger partial charge in [-0.05, 0) is 6.07 Å². The number of hydrogen-bond donors (Lipinski definition) is 1. The lowest BCUT2D eigenvalue weighted by Gasteiger charge is -1.98. The van der Waals surface area contributed by atoms with Crippen LogP contribution in [0.2, 0.25) is 5.02 Å². The number of nitrogens with zero attached hydrogens (tertiary/aromatic N) is 1. The molecule has 59 valence electrons. The van der Waals surface area contributed by atoms with Crippen LogP contribution in [0.4, 0.5) is 0 Å². The Morgan fingerprint density at radius 1 is 1.33 bits per heavy atom. The SMILES string of the molecule is Clc1ccccc1-c1[c]cn[nH]1. The first-order valence-corrected chi connectivity index (χ1v) is 3.91. The van der Waals surface area contributed by atoms with Gasteiger partial charge in [-0.2, -0.15) is 5.10 Å². The maximum absolute atomic E-state index is 5.95. The smallest absolute Gasteiger partial charge is 0.0745 e. The van der Waals surface area contributed by atoms with E-state index in [1.54, 1.807) is 6.20 Å². The fourth-order valence-electron chi connectivity index (χ4n) is 1.03. The van der Waals surface area contributed by atoms with Crippen molar-refractivity contribution in [2.24, 2.45) is 0 Å². The molecule has 2 nitrogen and oxygen atoms in total. The van der Waals surface area contributed by atoms with Gasteiger partial charge in [0.1, 0.15) is 0 Å². The molecule has 0 spiro atoms. The van der Waals surface area contributed by atoms with E-state index in [2.05, 4.69) is 16.3 Å². The molecule has 0 aliphatic rings. The topological polar surface area (TPSA) is 28.7 Å². The largest absolute Gasteiger partial charge is 0.277 e. The van der Waals surface area contributed by atoms with Crippen molar-refractivity contribution in [3.63, 3.8) is 0 Å². The fraction of sp³-hybridized carbons (Fsp3) is 0. The van der Waals surface area contributed by atoms with Crippen molar-refractivity contribution in [3.05, 3.63) is 41.6 Å². The number of nitrogens with one attached hydrogen (secondary N) is 1. The fourth-order valence-corrected chi connectivity index (χ4v) is 1.26. The summed E-state index contributed by atoms with van der Waals surface area (Å²) in [6.45, 7) is 0. The van der Waals surface area contributed by atoms with E-state index in [4.69, 9.17) is 11.6 Å². The highest BCUT2D eigenvalue weighted by molar-refractivity contribution is 6.33. The van der Waals surface area contributed by atoms with Gasteiger partial charge in [-0.1, -0.05) is 29.8 Å². The molecule has 1 N–H and O–H groups in total. The molecule has 1 heterocycles. The number of rotatable bonds is 1. The van der Waals surface area contributed by atoms with Gasteiger partial charge in [0.2, 0.25) is 0 Å². The Hall–Kier alpha value is -1.28. The van der Waals surface area contributed by atoms with Gasteiger partial charge in [-0.3, -0.25) is 5.10 Å². The molecule has 2 rings (SSSR count). The lowest BCUT2D eigenvalue weighted by molar-refractivity contribution is 1.10. The van der Waals surface area contributed by atoms with Crippen molar-refractivity contribution in [2.45, 2.75) is 0 Å². The van der Waals surface area contributed by atoms with Gasteiger partial charge in [0.25, 0.3) is 0 Å². The molecule has 0 atom stereocenters. The molecule has 0 fully saturated rings. The van der Waals surface area contributed by atoms with Gasteiger partial charge >= 0.3 is 0 Å². The molecular weight excluding hydrogens is 172 g/mol. The predicted octanol–water partition coefficient (Wildman–Crippen LogP) is 2.53. The normalized spacial score (nSPS) is 10.1. The zero-order valence-electron chi connectivity index (χ0n) is 6.21. The molecule has 12 heavy (non-hydrogen) atoms. The molecule has 0 bridgehead atoms. The molecule has 0 unspecified atom stereocenters. The molecule has 0 aliphatic carbocycles. The molecule has 2 aromatic rings. The van der Waals surface area contributed by atoms with E-state index < -0.39 is 0 Å². The van der Waals surface area contributed by atoms with Crippen molar-refractivity contribution in [3.8, 4) is 11.3 Å². The quantitative estimate of drug-likeness (QED) is 0.713. The van der Waals surface area contributed by atoms with Crippen molar-refractivity contribution in [1.29, 1.82) is 0 Å². The summed E-state index contributed by atoms with van der Waals surface area (Å²) in [4.78, 5) is 0. The Morgan fingerprint density at radius 2 is 2.17 bits per heavy atom. The van der Waals surface area contributed by atoms with Crippen molar-refractivity contribution >= 4 is 11.6 Å². The van der Waals surface area contributed by atoms with Gasteiger partial charge in [-0.25, -0.2) is 0 Å². The highest BCUT2D eigenvalue weighted by atomic mass is 35.5. The number of aromatic nitrogens is 2. The third kappa shape index (κ3) is 1.21. The molecule has 1 aromatic heterocycles. The van der Waals surface area contributed by atoms with Crippen LogP contribution < -0.4 is 0 Å². The summed E-state index contributed by atoms with van der Waals surface area (Å²) < 4.78 is 0. The summed E-state index contributed by atoms with van der Waals surface area (Å²) in [5.41, 5.74) is 1.75. The van der Waals surface area contributed by atoms with Crippen LogP contribution in [0.5, 0.6) is 0 Å². The van der Waals surface area contributed by atoms with Crippen LogP contribution >= 0.6 is 11.6 Å². The predicted molar refractivity (Wildman–Crippen MR) is 47.9 cm³/mol. The number of aromatic amines is 1. The third-order valence-electron chi connectivity index (χ3n) is 1.59. The minimum atomic E-state index is 0.706. The molecule has 0 saturated carbocycles. The van der Waals surface area contributed by atoms with Crippen LogP contribution in [0.3, 0.4) is 0 Å². The number of H-pyrrole nitrogens is 1. The van der Waals surface area contributed by atoms with E-state index in [0.717, 1.165) is 11.3 Å². The number of benzene rings is 1. The monoisotopic (exact) mass is 177 g/mol. The average Bonchev–Trinajstić information content (AvgIpc) is 2.57. The Balaban J connectivity index is 2.55. The molecular formula is C9H6ClN2. The second kappa shape index (κ2) is 2.99. The Morgan fingerprint density at radius 3 is 2.83 bits per heavy atom. The van der Waals surface area contributed by atoms with Gasteiger partial charge in [0.05, 0.1) is 11.9 Å². The van der Waals surface area contributed by atoms with Crippen LogP contribution in [-0.2, 0) is 0 Å². The van der Waals surface area contributed by atoms with Gasteiger partial charge in [0, 0.05) is 16.7 Å². The van der Waals surface area contributed by atoms with Crippen LogP contribution in [0.25, 0.3) is 11.3 Å². The molecule has 1 radical (unpaired) electrons. The van der Waals surface area contributed by atoms with E-state index in [1.165, 1.54) is 0 Å². The Labute approximate surface area is 75.2 Å². The summed E-state index contributed by atoms with van der Waals surface area (Å²) in [6, 6.07) is 10.5. The van der Waals surface area contributed by atoms with Crippen molar-refractivity contribution in [1.82, 2.24) is 10.2 Å². The van der Waals surface area contributed by atoms with Crippen LogP contribution in [0.15, 0.2) is 30.5 Å². The molecule has 1 aromatic carbocycles. The highest BCUT2D eigenvalue weighted by Crippen LogP contribution is 2.24. The Kier molecular flexibility index (Phi) is 1.84. The molecule has 0 amide bonds. The van der Waals surface area contributed by atoms with E-state index in [1.807, 2.05) is 24.3 Å². The lowest BCUT2D eigenvalue weighted by atomic mass is 10.2. The first kappa shape index (κ1) is 7.37. The second-order valence-electron chi connectivity index (χ2n) is 2.37. The molecule has 0 aliphatic heterocycles. The summed E-state index contributed by atoms with van der Waals surface area (Å²) in [6.07, 6.45) is 1.58.